The summed E-state index contributed by atoms with van der Waals surface area (Å²) in [5, 5.41) is 12.6. The Hall–Kier alpha value is -1.79. The van der Waals surface area contributed by atoms with Crippen molar-refractivity contribution in [3.63, 3.8) is 0 Å². The van der Waals surface area contributed by atoms with Crippen LogP contribution in [-0.4, -0.2) is 39.0 Å². The number of hydrogen-bond donors (Lipinski definition) is 2. The molecule has 0 spiro atoms. The van der Waals surface area contributed by atoms with Gasteiger partial charge in [-0.1, -0.05) is 17.8 Å². The molecule has 0 saturated heterocycles. The van der Waals surface area contributed by atoms with Gasteiger partial charge in [0.05, 0.1) is 5.75 Å². The zero-order valence-electron chi connectivity index (χ0n) is 14.5. The predicted molar refractivity (Wildman–Crippen MR) is 97.7 cm³/mol. The maximum atomic E-state index is 12.0. The molecular weight excluding hydrogens is 322 g/mol. The van der Waals surface area contributed by atoms with Crippen molar-refractivity contribution in [2.75, 3.05) is 12.4 Å². The molecule has 1 atom stereocenters. The van der Waals surface area contributed by atoms with E-state index in [2.05, 4.69) is 42.3 Å². The number of carbonyl (C=O) groups is 1. The SMILES string of the molecule is Cc1cc(C)cc(-n2ccnc2SCC(=O)NC(C)CCCO)c1. The van der Waals surface area contributed by atoms with Gasteiger partial charge in [-0.3, -0.25) is 9.36 Å². The number of thioether (sulfide) groups is 1. The van der Waals surface area contributed by atoms with Crippen LogP contribution >= 0.6 is 11.8 Å². The molecular formula is C18H25N3O2S. The van der Waals surface area contributed by atoms with Crippen molar-refractivity contribution >= 4 is 17.7 Å². The first-order valence-corrected chi connectivity index (χ1v) is 9.13. The summed E-state index contributed by atoms with van der Waals surface area (Å²) in [4.78, 5) is 16.4. The number of rotatable bonds is 8. The smallest absolute Gasteiger partial charge is 0.230 e. The Morgan fingerprint density at radius 3 is 2.71 bits per heavy atom. The number of hydrogen-bond acceptors (Lipinski definition) is 4. The van der Waals surface area contributed by atoms with Crippen molar-refractivity contribution < 1.29 is 9.90 Å². The van der Waals surface area contributed by atoms with Crippen LogP contribution in [0, 0.1) is 13.8 Å². The zero-order chi connectivity index (χ0) is 17.5. The first kappa shape index (κ1) is 18.5. The molecule has 24 heavy (non-hydrogen) atoms. The third-order valence-electron chi connectivity index (χ3n) is 3.63. The molecule has 1 aromatic heterocycles. The van der Waals surface area contributed by atoms with Crippen molar-refractivity contribution in [1.29, 1.82) is 0 Å². The van der Waals surface area contributed by atoms with Crippen LogP contribution in [-0.2, 0) is 4.79 Å². The van der Waals surface area contributed by atoms with E-state index >= 15 is 0 Å². The Labute approximate surface area is 147 Å². The second-order valence-electron chi connectivity index (χ2n) is 6.05. The van der Waals surface area contributed by atoms with Gasteiger partial charge in [0.2, 0.25) is 5.91 Å². The molecule has 0 aliphatic rings. The fourth-order valence-electron chi connectivity index (χ4n) is 2.60. The summed E-state index contributed by atoms with van der Waals surface area (Å²) in [7, 11) is 0. The van der Waals surface area contributed by atoms with Crippen LogP contribution in [0.25, 0.3) is 5.69 Å². The minimum Gasteiger partial charge on any atom is -0.396 e. The summed E-state index contributed by atoms with van der Waals surface area (Å²) in [5.74, 6) is 0.311. The number of nitrogens with one attached hydrogen (secondary N) is 1. The highest BCUT2D eigenvalue weighted by Gasteiger charge is 2.11. The lowest BCUT2D eigenvalue weighted by Gasteiger charge is -2.13. The summed E-state index contributed by atoms with van der Waals surface area (Å²) >= 11 is 1.42. The van der Waals surface area contributed by atoms with E-state index in [-0.39, 0.29) is 18.6 Å². The fourth-order valence-corrected chi connectivity index (χ4v) is 3.38. The highest BCUT2D eigenvalue weighted by atomic mass is 32.2. The van der Waals surface area contributed by atoms with E-state index in [1.165, 1.54) is 22.9 Å². The molecule has 1 amide bonds. The molecule has 2 aromatic rings. The van der Waals surface area contributed by atoms with Gasteiger partial charge in [-0.2, -0.15) is 0 Å². The van der Waals surface area contributed by atoms with E-state index in [0.29, 0.717) is 12.2 Å². The van der Waals surface area contributed by atoms with Crippen molar-refractivity contribution in [3.8, 4) is 5.69 Å². The van der Waals surface area contributed by atoms with Crippen LogP contribution < -0.4 is 5.32 Å². The van der Waals surface area contributed by atoms with Gasteiger partial charge in [-0.15, -0.1) is 0 Å². The molecule has 6 heteroatoms. The zero-order valence-corrected chi connectivity index (χ0v) is 15.3. The molecule has 0 radical (unpaired) electrons. The van der Waals surface area contributed by atoms with Gasteiger partial charge in [0, 0.05) is 30.7 Å². The molecule has 0 fully saturated rings. The first-order valence-electron chi connectivity index (χ1n) is 8.14. The second-order valence-corrected chi connectivity index (χ2v) is 6.99. The summed E-state index contributed by atoms with van der Waals surface area (Å²) < 4.78 is 2.01. The quantitative estimate of drug-likeness (QED) is 0.721. The summed E-state index contributed by atoms with van der Waals surface area (Å²) in [6.07, 6.45) is 5.15. The third-order valence-corrected chi connectivity index (χ3v) is 4.59. The number of aliphatic hydroxyl groups is 1. The van der Waals surface area contributed by atoms with Crippen LogP contribution in [0.3, 0.4) is 0 Å². The largest absolute Gasteiger partial charge is 0.396 e. The molecule has 130 valence electrons. The normalized spacial score (nSPS) is 12.2. The summed E-state index contributed by atoms with van der Waals surface area (Å²) in [6, 6.07) is 6.42. The van der Waals surface area contributed by atoms with E-state index in [0.717, 1.165) is 17.3 Å². The van der Waals surface area contributed by atoms with Crippen LogP contribution in [0.15, 0.2) is 35.7 Å². The molecule has 1 unspecified atom stereocenters. The third kappa shape index (κ3) is 5.39. The fraction of sp³-hybridized carbons (Fsp3) is 0.444. The molecule has 0 aliphatic heterocycles. The van der Waals surface area contributed by atoms with E-state index in [1.54, 1.807) is 6.20 Å². The van der Waals surface area contributed by atoms with Gasteiger partial charge in [0.25, 0.3) is 0 Å². The average molecular weight is 347 g/mol. The van der Waals surface area contributed by atoms with Crippen LogP contribution in [0.2, 0.25) is 0 Å². The molecule has 0 aliphatic carbocycles. The Balaban J connectivity index is 1.97. The molecule has 2 rings (SSSR count). The molecule has 5 nitrogen and oxygen atoms in total. The van der Waals surface area contributed by atoms with Gasteiger partial charge in [0.1, 0.15) is 0 Å². The number of carbonyl (C=O) groups excluding carboxylic acids is 1. The van der Waals surface area contributed by atoms with E-state index < -0.39 is 0 Å². The molecule has 2 N–H and O–H groups in total. The maximum absolute atomic E-state index is 12.0. The summed E-state index contributed by atoms with van der Waals surface area (Å²) in [6.45, 7) is 6.25. The lowest BCUT2D eigenvalue weighted by Crippen LogP contribution is -2.34. The van der Waals surface area contributed by atoms with E-state index in [4.69, 9.17) is 5.11 Å². The molecule has 0 saturated carbocycles. The van der Waals surface area contributed by atoms with Gasteiger partial charge >= 0.3 is 0 Å². The molecule has 1 heterocycles. The van der Waals surface area contributed by atoms with Crippen LogP contribution in [0.5, 0.6) is 0 Å². The molecule has 1 aromatic carbocycles. The lowest BCUT2D eigenvalue weighted by molar-refractivity contribution is -0.119. The second kappa shape index (κ2) is 8.89. The highest BCUT2D eigenvalue weighted by Crippen LogP contribution is 2.22. The molecule has 0 bridgehead atoms. The number of aryl methyl sites for hydroxylation is 2. The predicted octanol–water partition coefficient (Wildman–Crippen LogP) is 2.86. The van der Waals surface area contributed by atoms with E-state index in [9.17, 15) is 4.79 Å². The van der Waals surface area contributed by atoms with Gasteiger partial charge in [0.15, 0.2) is 5.16 Å². The first-order chi connectivity index (χ1) is 11.5. The topological polar surface area (TPSA) is 67.2 Å². The van der Waals surface area contributed by atoms with Crippen LogP contribution in [0.1, 0.15) is 30.9 Å². The standard InChI is InChI=1S/C18H25N3O2S/c1-13-9-14(2)11-16(10-13)21-7-6-19-18(21)24-12-17(23)20-15(3)5-4-8-22/h6-7,9-11,15,22H,4-5,8,12H2,1-3H3,(H,20,23). The number of nitrogens with zero attached hydrogens (tertiary/aromatic N) is 2. The van der Waals surface area contributed by atoms with Crippen molar-refractivity contribution in [3.05, 3.63) is 41.7 Å². The van der Waals surface area contributed by atoms with Gasteiger partial charge in [-0.05, 0) is 56.9 Å². The van der Waals surface area contributed by atoms with E-state index in [1.807, 2.05) is 17.7 Å². The van der Waals surface area contributed by atoms with Gasteiger partial charge in [-0.25, -0.2) is 4.98 Å². The Kier molecular flexibility index (Phi) is 6.87. The minimum atomic E-state index is -0.0135. The Morgan fingerprint density at radius 1 is 1.33 bits per heavy atom. The van der Waals surface area contributed by atoms with Crippen molar-refractivity contribution in [2.24, 2.45) is 0 Å². The lowest BCUT2D eigenvalue weighted by atomic mass is 10.1. The number of aromatic nitrogens is 2. The van der Waals surface area contributed by atoms with Gasteiger partial charge < -0.3 is 10.4 Å². The van der Waals surface area contributed by atoms with Crippen LogP contribution in [0.4, 0.5) is 0 Å². The minimum absolute atomic E-state index is 0.0135. The Bertz CT molecular complexity index is 664. The number of benzene rings is 1. The number of imidazole rings is 1. The highest BCUT2D eigenvalue weighted by molar-refractivity contribution is 7.99. The number of aliphatic hydroxyl groups excluding tert-OH is 1. The van der Waals surface area contributed by atoms with Crippen molar-refractivity contribution in [2.45, 2.75) is 44.8 Å². The average Bonchev–Trinajstić information content (AvgIpc) is 2.98. The number of amides is 1. The summed E-state index contributed by atoms with van der Waals surface area (Å²) in [5.41, 5.74) is 3.46. The van der Waals surface area contributed by atoms with Crippen molar-refractivity contribution in [1.82, 2.24) is 14.9 Å². The maximum Gasteiger partial charge on any atom is 0.230 e. The Morgan fingerprint density at radius 2 is 2.04 bits per heavy atom. The monoisotopic (exact) mass is 347 g/mol.